The van der Waals surface area contributed by atoms with Crippen molar-refractivity contribution in [1.29, 1.82) is 0 Å². The van der Waals surface area contributed by atoms with Crippen molar-refractivity contribution in [3.63, 3.8) is 0 Å². The van der Waals surface area contributed by atoms with Crippen molar-refractivity contribution in [2.45, 2.75) is 6.42 Å². The number of nitrogens with one attached hydrogen (secondary N) is 1. The van der Waals surface area contributed by atoms with E-state index in [2.05, 4.69) is 5.32 Å². The lowest BCUT2D eigenvalue weighted by Gasteiger charge is -2.29. The highest BCUT2D eigenvalue weighted by Gasteiger charge is 2.39. The molecule has 22 heavy (non-hydrogen) atoms. The van der Waals surface area contributed by atoms with Crippen LogP contribution in [0.5, 0.6) is 0 Å². The van der Waals surface area contributed by atoms with Gasteiger partial charge in [0.2, 0.25) is 11.8 Å². The second kappa shape index (κ2) is 6.00. The van der Waals surface area contributed by atoms with E-state index in [4.69, 9.17) is 0 Å². The van der Waals surface area contributed by atoms with Gasteiger partial charge in [-0.25, -0.2) is 8.78 Å². The molecule has 1 N–H and O–H groups in total. The Bertz CT molecular complexity index is 582. The van der Waals surface area contributed by atoms with E-state index in [1.807, 2.05) is 0 Å². The third-order valence-electron chi connectivity index (χ3n) is 4.11. The number of amides is 2. The van der Waals surface area contributed by atoms with E-state index in [-0.39, 0.29) is 24.6 Å². The molecular weight excluding hydrogens is 292 g/mol. The molecule has 1 aromatic carbocycles. The van der Waals surface area contributed by atoms with Crippen LogP contribution < -0.4 is 10.2 Å². The summed E-state index contributed by atoms with van der Waals surface area (Å²) in [6, 6.07) is 3.46. The molecule has 0 aliphatic carbocycles. The lowest BCUT2D eigenvalue weighted by molar-refractivity contribution is -0.136. The molecule has 0 aromatic heterocycles. The summed E-state index contributed by atoms with van der Waals surface area (Å²) in [5, 5.41) is 3.15. The number of benzene rings is 1. The molecule has 0 radical (unpaired) electrons. The Hall–Kier alpha value is -2.02. The van der Waals surface area contributed by atoms with E-state index in [0.717, 1.165) is 30.1 Å². The normalized spacial score (nSPS) is 22.3. The van der Waals surface area contributed by atoms with Gasteiger partial charge < -0.3 is 15.1 Å². The van der Waals surface area contributed by atoms with Crippen LogP contribution in [0.4, 0.5) is 14.5 Å². The average molecular weight is 309 g/mol. The quantitative estimate of drug-likeness (QED) is 0.877. The smallest absolute Gasteiger partial charge is 0.228 e. The minimum absolute atomic E-state index is 0.00344. The second-order valence-electron chi connectivity index (χ2n) is 5.55. The molecule has 0 saturated carbocycles. The Balaban J connectivity index is 1.77. The van der Waals surface area contributed by atoms with Gasteiger partial charge in [0.25, 0.3) is 0 Å². The number of rotatable bonds is 2. The van der Waals surface area contributed by atoms with Gasteiger partial charge in [0.15, 0.2) is 0 Å². The Morgan fingerprint density at radius 2 is 1.82 bits per heavy atom. The number of anilines is 1. The molecule has 2 heterocycles. The predicted molar refractivity (Wildman–Crippen MR) is 76.3 cm³/mol. The van der Waals surface area contributed by atoms with E-state index < -0.39 is 23.5 Å². The summed E-state index contributed by atoms with van der Waals surface area (Å²) in [4.78, 5) is 27.3. The highest BCUT2D eigenvalue weighted by Crippen LogP contribution is 2.30. The van der Waals surface area contributed by atoms with Crippen LogP contribution in [0.1, 0.15) is 6.42 Å². The summed E-state index contributed by atoms with van der Waals surface area (Å²) in [6.07, 6.45) is -0.00344. The van der Waals surface area contributed by atoms with Crippen LogP contribution in [0.25, 0.3) is 0 Å². The van der Waals surface area contributed by atoms with Crippen LogP contribution in [-0.2, 0) is 9.59 Å². The zero-order valence-electron chi connectivity index (χ0n) is 12.0. The van der Waals surface area contributed by atoms with Crippen molar-refractivity contribution in [2.24, 2.45) is 5.92 Å². The molecule has 2 amide bonds. The van der Waals surface area contributed by atoms with Gasteiger partial charge in [0.1, 0.15) is 17.3 Å². The van der Waals surface area contributed by atoms with Gasteiger partial charge in [-0.3, -0.25) is 9.59 Å². The molecule has 5 nitrogen and oxygen atoms in total. The molecule has 2 fully saturated rings. The van der Waals surface area contributed by atoms with Crippen molar-refractivity contribution >= 4 is 17.5 Å². The molecular formula is C15H17F2N3O2. The number of hydrogen-bond acceptors (Lipinski definition) is 3. The monoisotopic (exact) mass is 309 g/mol. The fourth-order valence-corrected chi connectivity index (χ4v) is 2.98. The van der Waals surface area contributed by atoms with Gasteiger partial charge in [-0.1, -0.05) is 6.07 Å². The van der Waals surface area contributed by atoms with Crippen LogP contribution in [0.2, 0.25) is 0 Å². The Labute approximate surface area is 126 Å². The largest absolute Gasteiger partial charge is 0.340 e. The molecule has 2 saturated heterocycles. The topological polar surface area (TPSA) is 52.7 Å². The average Bonchev–Trinajstić information content (AvgIpc) is 2.89. The third-order valence-corrected chi connectivity index (χ3v) is 4.11. The van der Waals surface area contributed by atoms with Crippen LogP contribution in [-0.4, -0.2) is 49.4 Å². The number of hydrogen-bond donors (Lipinski definition) is 1. The highest BCUT2D eigenvalue weighted by atomic mass is 19.1. The maximum Gasteiger partial charge on any atom is 0.228 e. The molecule has 0 spiro atoms. The molecule has 1 atom stereocenters. The summed E-state index contributed by atoms with van der Waals surface area (Å²) in [6.45, 7) is 2.66. The van der Waals surface area contributed by atoms with Gasteiger partial charge in [0, 0.05) is 39.1 Å². The Kier molecular flexibility index (Phi) is 4.06. The number of para-hydroxylation sites is 1. The molecule has 7 heteroatoms. The van der Waals surface area contributed by atoms with E-state index in [0.29, 0.717) is 13.1 Å². The summed E-state index contributed by atoms with van der Waals surface area (Å²) >= 11 is 0. The van der Waals surface area contributed by atoms with E-state index >= 15 is 0 Å². The molecule has 2 aliphatic heterocycles. The minimum Gasteiger partial charge on any atom is -0.340 e. The van der Waals surface area contributed by atoms with Gasteiger partial charge >= 0.3 is 0 Å². The SMILES string of the molecule is O=C(C1CC(=O)N(c2c(F)cccc2F)C1)N1CCNCC1. The van der Waals surface area contributed by atoms with Gasteiger partial charge in [-0.2, -0.15) is 0 Å². The molecule has 3 rings (SSSR count). The minimum atomic E-state index is -0.788. The lowest BCUT2D eigenvalue weighted by atomic mass is 10.1. The van der Waals surface area contributed by atoms with Crippen LogP contribution >= 0.6 is 0 Å². The standard InChI is InChI=1S/C15H17F2N3O2/c16-11-2-1-3-12(17)14(11)20-9-10(8-13(20)21)15(22)19-6-4-18-5-7-19/h1-3,10,18H,4-9H2. The van der Waals surface area contributed by atoms with Crippen molar-refractivity contribution < 1.29 is 18.4 Å². The van der Waals surface area contributed by atoms with Gasteiger partial charge in [-0.15, -0.1) is 0 Å². The van der Waals surface area contributed by atoms with E-state index in [1.54, 1.807) is 4.90 Å². The highest BCUT2D eigenvalue weighted by molar-refractivity contribution is 6.00. The predicted octanol–water partition coefficient (Wildman–Crippen LogP) is 0.749. The van der Waals surface area contributed by atoms with Crippen molar-refractivity contribution in [3.05, 3.63) is 29.8 Å². The zero-order valence-corrected chi connectivity index (χ0v) is 12.0. The van der Waals surface area contributed by atoms with Gasteiger partial charge in [-0.05, 0) is 12.1 Å². The van der Waals surface area contributed by atoms with E-state index in [9.17, 15) is 18.4 Å². The number of halogens is 2. The molecule has 2 aliphatic rings. The number of carbonyl (C=O) groups is 2. The number of carbonyl (C=O) groups excluding carboxylic acids is 2. The number of piperazine rings is 1. The lowest BCUT2D eigenvalue weighted by Crippen LogP contribution is -2.48. The molecule has 1 unspecified atom stereocenters. The summed E-state index contributed by atoms with van der Waals surface area (Å²) in [7, 11) is 0. The first-order valence-electron chi connectivity index (χ1n) is 7.32. The first kappa shape index (κ1) is 14.9. The first-order chi connectivity index (χ1) is 10.6. The Morgan fingerprint density at radius 3 is 2.45 bits per heavy atom. The summed E-state index contributed by atoms with van der Waals surface area (Å²) < 4.78 is 27.6. The zero-order chi connectivity index (χ0) is 15.7. The number of nitrogens with zero attached hydrogens (tertiary/aromatic N) is 2. The molecule has 1 aromatic rings. The summed E-state index contributed by atoms with van der Waals surface area (Å²) in [5.41, 5.74) is -0.358. The van der Waals surface area contributed by atoms with Crippen LogP contribution in [0.15, 0.2) is 18.2 Å². The van der Waals surface area contributed by atoms with Crippen molar-refractivity contribution in [1.82, 2.24) is 10.2 Å². The Morgan fingerprint density at radius 1 is 1.18 bits per heavy atom. The third kappa shape index (κ3) is 2.68. The fourth-order valence-electron chi connectivity index (χ4n) is 2.98. The first-order valence-corrected chi connectivity index (χ1v) is 7.32. The van der Waals surface area contributed by atoms with E-state index in [1.165, 1.54) is 6.07 Å². The second-order valence-corrected chi connectivity index (χ2v) is 5.55. The van der Waals surface area contributed by atoms with Crippen molar-refractivity contribution in [3.8, 4) is 0 Å². The maximum atomic E-state index is 13.8. The van der Waals surface area contributed by atoms with Crippen LogP contribution in [0.3, 0.4) is 0 Å². The van der Waals surface area contributed by atoms with Crippen LogP contribution in [0, 0.1) is 17.6 Å². The maximum absolute atomic E-state index is 13.8. The molecule has 0 bridgehead atoms. The fraction of sp³-hybridized carbons (Fsp3) is 0.467. The van der Waals surface area contributed by atoms with Crippen molar-refractivity contribution in [2.75, 3.05) is 37.6 Å². The molecule has 118 valence electrons. The summed E-state index contributed by atoms with van der Waals surface area (Å²) in [5.74, 6) is -2.65. The van der Waals surface area contributed by atoms with Gasteiger partial charge in [0.05, 0.1) is 5.92 Å².